The van der Waals surface area contributed by atoms with Gasteiger partial charge >= 0.3 is 0 Å². The van der Waals surface area contributed by atoms with E-state index in [1.807, 2.05) is 20.0 Å². The molecule has 1 atom stereocenters. The van der Waals surface area contributed by atoms with Gasteiger partial charge in [0.2, 0.25) is 0 Å². The Kier molecular flexibility index (Phi) is 5.85. The lowest BCUT2D eigenvalue weighted by Crippen LogP contribution is -2.24. The highest BCUT2D eigenvalue weighted by Crippen LogP contribution is 2.13. The first-order valence-corrected chi connectivity index (χ1v) is 6.51. The van der Waals surface area contributed by atoms with Crippen LogP contribution in [0.1, 0.15) is 27.2 Å². The van der Waals surface area contributed by atoms with E-state index in [1.165, 1.54) is 0 Å². The van der Waals surface area contributed by atoms with Crippen molar-refractivity contribution in [3.63, 3.8) is 0 Å². The molecule has 0 aliphatic rings. The molecule has 0 bridgehead atoms. The first kappa shape index (κ1) is 14.7. The summed E-state index contributed by atoms with van der Waals surface area (Å²) in [6.07, 6.45) is 2.53. The van der Waals surface area contributed by atoms with Crippen LogP contribution in [0.5, 0.6) is 0 Å². The number of nitrogens with one attached hydrogen (secondary N) is 1. The maximum absolute atomic E-state index is 5.71. The minimum atomic E-state index is 0.211. The summed E-state index contributed by atoms with van der Waals surface area (Å²) in [6.45, 7) is 8.21. The van der Waals surface area contributed by atoms with Crippen molar-refractivity contribution in [3.8, 4) is 0 Å². The summed E-state index contributed by atoms with van der Waals surface area (Å²) in [6, 6.07) is 2.19. The number of hydrogen-bond donors (Lipinski definition) is 2. The van der Waals surface area contributed by atoms with Gasteiger partial charge in [0, 0.05) is 32.2 Å². The molecule has 0 aliphatic carbocycles. The number of nitrogens with two attached hydrogens (primary N) is 1. The van der Waals surface area contributed by atoms with Crippen LogP contribution in [-0.2, 0) is 0 Å². The van der Waals surface area contributed by atoms with Gasteiger partial charge in [0.05, 0.1) is 0 Å². The summed E-state index contributed by atoms with van der Waals surface area (Å²) in [4.78, 5) is 10.6. The molecule has 0 fully saturated rings. The molecule has 3 N–H and O–H groups in total. The Hall–Kier alpha value is -1.36. The Balaban J connectivity index is 2.56. The lowest BCUT2D eigenvalue weighted by atomic mass is 10.2. The van der Waals surface area contributed by atoms with Gasteiger partial charge in [-0.3, -0.25) is 0 Å². The summed E-state index contributed by atoms with van der Waals surface area (Å²) in [5, 5.41) is 3.27. The highest BCUT2D eigenvalue weighted by atomic mass is 15.2. The van der Waals surface area contributed by atoms with Crippen LogP contribution in [-0.4, -0.2) is 36.1 Å². The van der Waals surface area contributed by atoms with Crippen molar-refractivity contribution >= 4 is 11.6 Å². The predicted octanol–water partition coefficient (Wildman–Crippen LogP) is 1.72. The Labute approximate surface area is 110 Å². The molecule has 1 aromatic rings. The van der Waals surface area contributed by atoms with Gasteiger partial charge in [-0.25, -0.2) is 9.97 Å². The molecule has 0 amide bonds. The van der Waals surface area contributed by atoms with Gasteiger partial charge in [0.25, 0.3) is 0 Å². The number of nitrogens with zero attached hydrogens (tertiary/aromatic N) is 3. The van der Waals surface area contributed by atoms with E-state index in [1.54, 1.807) is 6.33 Å². The van der Waals surface area contributed by atoms with Gasteiger partial charge in [-0.2, -0.15) is 0 Å². The highest BCUT2D eigenvalue weighted by molar-refractivity contribution is 5.47. The molecule has 102 valence electrons. The maximum atomic E-state index is 5.71. The summed E-state index contributed by atoms with van der Waals surface area (Å²) in [5.74, 6) is 2.41. The van der Waals surface area contributed by atoms with E-state index >= 15 is 0 Å². The predicted molar refractivity (Wildman–Crippen MR) is 76.9 cm³/mol. The Morgan fingerprint density at radius 3 is 2.67 bits per heavy atom. The summed E-state index contributed by atoms with van der Waals surface area (Å²) in [5.41, 5.74) is 5.71. The highest BCUT2D eigenvalue weighted by Gasteiger charge is 2.06. The summed E-state index contributed by atoms with van der Waals surface area (Å²) >= 11 is 0. The van der Waals surface area contributed by atoms with E-state index in [2.05, 4.69) is 34.0 Å². The second kappa shape index (κ2) is 7.16. The van der Waals surface area contributed by atoms with Crippen molar-refractivity contribution in [2.75, 3.05) is 30.4 Å². The second-order valence-electron chi connectivity index (χ2n) is 5.23. The van der Waals surface area contributed by atoms with Gasteiger partial charge in [0.15, 0.2) is 0 Å². The average molecular weight is 251 g/mol. The molecular formula is C13H25N5. The Bertz CT molecular complexity index is 351. The Morgan fingerprint density at radius 1 is 1.33 bits per heavy atom. The molecule has 0 radical (unpaired) electrons. The third kappa shape index (κ3) is 5.31. The van der Waals surface area contributed by atoms with Crippen molar-refractivity contribution < 1.29 is 0 Å². The number of hydrogen-bond acceptors (Lipinski definition) is 5. The lowest BCUT2D eigenvalue weighted by molar-refractivity contribution is 0.634. The SMILES string of the molecule is CC(C)CN(C)c1cc(NCCC(C)N)ncn1. The average Bonchev–Trinajstić information content (AvgIpc) is 2.28. The first-order chi connectivity index (χ1) is 8.49. The fourth-order valence-electron chi connectivity index (χ4n) is 1.72. The van der Waals surface area contributed by atoms with Crippen LogP contribution in [0.2, 0.25) is 0 Å². The normalized spacial score (nSPS) is 12.6. The molecule has 0 aliphatic heterocycles. The summed E-state index contributed by atoms with van der Waals surface area (Å²) in [7, 11) is 2.05. The lowest BCUT2D eigenvalue weighted by Gasteiger charge is -2.20. The molecule has 1 unspecified atom stereocenters. The van der Waals surface area contributed by atoms with Crippen molar-refractivity contribution in [3.05, 3.63) is 12.4 Å². The van der Waals surface area contributed by atoms with Crippen molar-refractivity contribution in [1.29, 1.82) is 0 Å². The van der Waals surface area contributed by atoms with E-state index in [4.69, 9.17) is 5.73 Å². The smallest absolute Gasteiger partial charge is 0.133 e. The molecule has 1 heterocycles. The molecule has 0 aromatic carbocycles. The molecule has 0 saturated heterocycles. The van der Waals surface area contributed by atoms with E-state index in [0.29, 0.717) is 5.92 Å². The fourth-order valence-corrected chi connectivity index (χ4v) is 1.72. The third-order valence-electron chi connectivity index (χ3n) is 2.59. The minimum Gasteiger partial charge on any atom is -0.370 e. The molecule has 5 nitrogen and oxygen atoms in total. The maximum Gasteiger partial charge on any atom is 0.133 e. The molecule has 1 aromatic heterocycles. The summed E-state index contributed by atoms with van der Waals surface area (Å²) < 4.78 is 0. The van der Waals surface area contributed by atoms with Crippen LogP contribution in [0.3, 0.4) is 0 Å². The molecule has 1 rings (SSSR count). The largest absolute Gasteiger partial charge is 0.370 e. The molecule has 0 spiro atoms. The standard InChI is InChI=1S/C13H25N5/c1-10(2)8-18(4)13-7-12(16-9-17-13)15-6-5-11(3)14/h7,9-11H,5-6,8,14H2,1-4H3,(H,15,16,17). The minimum absolute atomic E-state index is 0.211. The van der Waals surface area contributed by atoms with Gasteiger partial charge in [-0.1, -0.05) is 13.8 Å². The number of rotatable bonds is 7. The van der Waals surface area contributed by atoms with E-state index in [9.17, 15) is 0 Å². The Morgan fingerprint density at radius 2 is 2.06 bits per heavy atom. The third-order valence-corrected chi connectivity index (χ3v) is 2.59. The van der Waals surface area contributed by atoms with Gasteiger partial charge < -0.3 is 16.0 Å². The van der Waals surface area contributed by atoms with E-state index < -0.39 is 0 Å². The van der Waals surface area contributed by atoms with Crippen LogP contribution in [0.15, 0.2) is 12.4 Å². The van der Waals surface area contributed by atoms with Gasteiger partial charge in [-0.15, -0.1) is 0 Å². The molecule has 5 heteroatoms. The van der Waals surface area contributed by atoms with Crippen molar-refractivity contribution in [2.24, 2.45) is 11.7 Å². The zero-order valence-corrected chi connectivity index (χ0v) is 11.8. The van der Waals surface area contributed by atoms with E-state index in [0.717, 1.165) is 31.1 Å². The topological polar surface area (TPSA) is 67.1 Å². The molecule has 0 saturated carbocycles. The number of anilines is 2. The first-order valence-electron chi connectivity index (χ1n) is 6.51. The van der Waals surface area contributed by atoms with Crippen LogP contribution < -0.4 is 16.0 Å². The van der Waals surface area contributed by atoms with Crippen LogP contribution >= 0.6 is 0 Å². The van der Waals surface area contributed by atoms with Gasteiger partial charge in [0.1, 0.15) is 18.0 Å². The van der Waals surface area contributed by atoms with Crippen molar-refractivity contribution in [2.45, 2.75) is 33.2 Å². The number of aromatic nitrogens is 2. The molecule has 18 heavy (non-hydrogen) atoms. The zero-order chi connectivity index (χ0) is 13.5. The second-order valence-corrected chi connectivity index (χ2v) is 5.23. The zero-order valence-electron chi connectivity index (χ0n) is 11.8. The monoisotopic (exact) mass is 251 g/mol. The van der Waals surface area contributed by atoms with Crippen LogP contribution in [0.25, 0.3) is 0 Å². The van der Waals surface area contributed by atoms with Gasteiger partial charge in [-0.05, 0) is 19.3 Å². The fraction of sp³-hybridized carbons (Fsp3) is 0.692. The van der Waals surface area contributed by atoms with Crippen LogP contribution in [0, 0.1) is 5.92 Å². The van der Waals surface area contributed by atoms with Crippen molar-refractivity contribution in [1.82, 2.24) is 9.97 Å². The quantitative estimate of drug-likeness (QED) is 0.772. The van der Waals surface area contributed by atoms with E-state index in [-0.39, 0.29) is 6.04 Å². The molecular weight excluding hydrogens is 226 g/mol. The van der Waals surface area contributed by atoms with Crippen LogP contribution in [0.4, 0.5) is 11.6 Å².